The largest absolute Gasteiger partial charge is 0.486 e. The molecule has 2 aliphatic heterocycles. The molecule has 25 heavy (non-hydrogen) atoms. The van der Waals surface area contributed by atoms with E-state index in [2.05, 4.69) is 5.32 Å². The van der Waals surface area contributed by atoms with Crippen LogP contribution in [0.4, 0.5) is 14.9 Å². The summed E-state index contributed by atoms with van der Waals surface area (Å²) in [5.74, 6) is 1.91. The molecule has 0 spiro atoms. The van der Waals surface area contributed by atoms with E-state index >= 15 is 0 Å². The minimum atomic E-state index is -0.378. The van der Waals surface area contributed by atoms with Crippen molar-refractivity contribution in [2.24, 2.45) is 0 Å². The number of rotatable bonds is 2. The lowest BCUT2D eigenvalue weighted by Crippen LogP contribution is -2.34. The van der Waals surface area contributed by atoms with E-state index in [4.69, 9.17) is 9.47 Å². The van der Waals surface area contributed by atoms with Crippen LogP contribution < -0.4 is 14.8 Å². The number of ether oxygens (including phenoxy) is 2. The normalized spacial score (nSPS) is 18.9. The van der Waals surface area contributed by atoms with E-state index in [1.165, 1.54) is 12.1 Å². The molecule has 2 amide bonds. The number of nitrogens with one attached hydrogen (secondary N) is 1. The zero-order valence-electron chi connectivity index (χ0n) is 13.4. The van der Waals surface area contributed by atoms with Crippen molar-refractivity contribution in [2.45, 2.75) is 5.37 Å². The van der Waals surface area contributed by atoms with Gasteiger partial charge in [-0.3, -0.25) is 0 Å². The highest BCUT2D eigenvalue weighted by Crippen LogP contribution is 2.41. The molecule has 0 aliphatic carbocycles. The number of thioether (sulfide) groups is 1. The summed E-state index contributed by atoms with van der Waals surface area (Å²) in [6, 6.07) is 11.4. The van der Waals surface area contributed by atoms with Gasteiger partial charge in [0.1, 0.15) is 24.4 Å². The van der Waals surface area contributed by atoms with Crippen molar-refractivity contribution in [3.8, 4) is 11.5 Å². The van der Waals surface area contributed by atoms with Crippen LogP contribution in [0.25, 0.3) is 0 Å². The first-order chi connectivity index (χ1) is 12.2. The van der Waals surface area contributed by atoms with Gasteiger partial charge in [0, 0.05) is 18.0 Å². The number of hydrogen-bond acceptors (Lipinski definition) is 4. The third-order valence-corrected chi connectivity index (χ3v) is 5.34. The summed E-state index contributed by atoms with van der Waals surface area (Å²) in [4.78, 5) is 14.4. The first-order valence-electron chi connectivity index (χ1n) is 8.05. The predicted molar refractivity (Wildman–Crippen MR) is 94.8 cm³/mol. The maximum Gasteiger partial charge on any atom is 0.323 e. The van der Waals surface area contributed by atoms with Crippen LogP contribution in [0, 0.1) is 5.82 Å². The third kappa shape index (κ3) is 3.37. The number of halogens is 1. The highest BCUT2D eigenvalue weighted by Gasteiger charge is 2.31. The first kappa shape index (κ1) is 16.1. The number of amides is 2. The predicted octanol–water partition coefficient (Wildman–Crippen LogP) is 3.88. The minimum absolute atomic E-state index is 0.107. The van der Waals surface area contributed by atoms with Crippen LogP contribution in [-0.2, 0) is 0 Å². The maximum atomic E-state index is 13.3. The summed E-state index contributed by atoms with van der Waals surface area (Å²) in [5.41, 5.74) is 1.43. The second-order valence-electron chi connectivity index (χ2n) is 5.76. The first-order valence-corrected chi connectivity index (χ1v) is 9.10. The Hall–Kier alpha value is -2.41. The fourth-order valence-corrected chi connectivity index (χ4v) is 4.17. The summed E-state index contributed by atoms with van der Waals surface area (Å²) < 4.78 is 24.5. The Balaban J connectivity index is 1.53. The highest BCUT2D eigenvalue weighted by atomic mass is 32.2. The number of benzene rings is 2. The van der Waals surface area contributed by atoms with Gasteiger partial charge in [0.25, 0.3) is 0 Å². The summed E-state index contributed by atoms with van der Waals surface area (Å²) in [6.45, 7) is 1.70. The van der Waals surface area contributed by atoms with E-state index in [0.717, 1.165) is 17.1 Å². The molecule has 4 rings (SSSR count). The molecule has 1 atom stereocenters. The average molecular weight is 360 g/mol. The van der Waals surface area contributed by atoms with Crippen molar-refractivity contribution in [2.75, 3.05) is 30.8 Å². The van der Waals surface area contributed by atoms with E-state index < -0.39 is 0 Å². The molecule has 1 N–H and O–H groups in total. The smallest absolute Gasteiger partial charge is 0.323 e. The van der Waals surface area contributed by atoms with Gasteiger partial charge >= 0.3 is 6.03 Å². The molecule has 0 aromatic heterocycles. The van der Waals surface area contributed by atoms with Gasteiger partial charge in [0.15, 0.2) is 11.5 Å². The van der Waals surface area contributed by atoms with E-state index in [0.29, 0.717) is 31.2 Å². The van der Waals surface area contributed by atoms with Gasteiger partial charge in [-0.25, -0.2) is 9.18 Å². The Morgan fingerprint density at radius 3 is 2.84 bits per heavy atom. The van der Waals surface area contributed by atoms with Crippen LogP contribution in [0.3, 0.4) is 0 Å². The van der Waals surface area contributed by atoms with Crippen molar-refractivity contribution >= 4 is 23.5 Å². The van der Waals surface area contributed by atoms with Crippen molar-refractivity contribution in [1.29, 1.82) is 0 Å². The SMILES string of the molecule is O=C(Nc1cccc(F)c1)N1CCSC1c1ccc2c(c1)OCCO2. The molecule has 7 heteroatoms. The molecule has 1 saturated heterocycles. The Kier molecular flexibility index (Phi) is 4.40. The molecule has 0 radical (unpaired) electrons. The van der Waals surface area contributed by atoms with Gasteiger partial charge in [-0.2, -0.15) is 0 Å². The lowest BCUT2D eigenvalue weighted by molar-refractivity contribution is 0.171. The van der Waals surface area contributed by atoms with Crippen LogP contribution >= 0.6 is 11.8 Å². The number of carbonyl (C=O) groups is 1. The van der Waals surface area contributed by atoms with Gasteiger partial charge in [-0.1, -0.05) is 12.1 Å². The minimum Gasteiger partial charge on any atom is -0.486 e. The van der Waals surface area contributed by atoms with Crippen LogP contribution in [0.2, 0.25) is 0 Å². The third-order valence-electron chi connectivity index (χ3n) is 4.08. The fourth-order valence-electron chi connectivity index (χ4n) is 2.93. The number of anilines is 1. The molecule has 2 heterocycles. The molecule has 2 aliphatic rings. The highest BCUT2D eigenvalue weighted by molar-refractivity contribution is 7.99. The van der Waals surface area contributed by atoms with Crippen LogP contribution in [0.1, 0.15) is 10.9 Å². The molecule has 1 unspecified atom stereocenters. The van der Waals surface area contributed by atoms with Gasteiger partial charge in [-0.05, 0) is 35.9 Å². The molecule has 0 saturated carbocycles. The van der Waals surface area contributed by atoms with Crippen molar-refractivity contribution < 1.29 is 18.7 Å². The van der Waals surface area contributed by atoms with Crippen LogP contribution in [0.15, 0.2) is 42.5 Å². The van der Waals surface area contributed by atoms with E-state index in [9.17, 15) is 9.18 Å². The lowest BCUT2D eigenvalue weighted by atomic mass is 10.1. The molecule has 2 aromatic carbocycles. The second kappa shape index (κ2) is 6.84. The van der Waals surface area contributed by atoms with E-state index in [1.54, 1.807) is 28.8 Å². The summed E-state index contributed by atoms with van der Waals surface area (Å²) in [6.07, 6.45) is 0. The number of urea groups is 1. The molecule has 5 nitrogen and oxygen atoms in total. The summed E-state index contributed by atoms with van der Waals surface area (Å²) in [5, 5.41) is 2.66. The van der Waals surface area contributed by atoms with Crippen molar-refractivity contribution in [1.82, 2.24) is 4.90 Å². The quantitative estimate of drug-likeness (QED) is 0.883. The standard InChI is InChI=1S/C18H17FN2O3S/c19-13-2-1-3-14(11-13)20-18(22)21-6-9-25-17(21)12-4-5-15-16(10-12)24-8-7-23-15/h1-5,10-11,17H,6-9H2,(H,20,22). The molecule has 130 valence electrons. The second-order valence-corrected chi connectivity index (χ2v) is 6.95. The summed E-state index contributed by atoms with van der Waals surface area (Å²) >= 11 is 1.69. The number of hydrogen-bond donors (Lipinski definition) is 1. The Morgan fingerprint density at radius 1 is 1.16 bits per heavy atom. The monoisotopic (exact) mass is 360 g/mol. The molecule has 1 fully saturated rings. The number of carbonyl (C=O) groups excluding carboxylic acids is 1. The Labute approximate surface area is 149 Å². The molecular weight excluding hydrogens is 343 g/mol. The number of fused-ring (bicyclic) bond motifs is 1. The molecular formula is C18H17FN2O3S. The fraction of sp³-hybridized carbons (Fsp3) is 0.278. The van der Waals surface area contributed by atoms with E-state index in [1.807, 2.05) is 18.2 Å². The lowest BCUT2D eigenvalue weighted by Gasteiger charge is -2.26. The van der Waals surface area contributed by atoms with Crippen molar-refractivity contribution in [3.63, 3.8) is 0 Å². The molecule has 0 bridgehead atoms. The van der Waals surface area contributed by atoms with Crippen LogP contribution in [0.5, 0.6) is 11.5 Å². The Morgan fingerprint density at radius 2 is 2.00 bits per heavy atom. The number of nitrogens with zero attached hydrogens (tertiary/aromatic N) is 1. The van der Waals surface area contributed by atoms with E-state index in [-0.39, 0.29) is 17.2 Å². The molecule has 2 aromatic rings. The van der Waals surface area contributed by atoms with Gasteiger partial charge in [0.2, 0.25) is 0 Å². The van der Waals surface area contributed by atoms with Crippen LogP contribution in [-0.4, -0.2) is 36.4 Å². The van der Waals surface area contributed by atoms with Gasteiger partial charge in [-0.15, -0.1) is 11.8 Å². The average Bonchev–Trinajstić information content (AvgIpc) is 3.11. The van der Waals surface area contributed by atoms with Gasteiger partial charge < -0.3 is 19.7 Å². The topological polar surface area (TPSA) is 50.8 Å². The maximum absolute atomic E-state index is 13.3. The van der Waals surface area contributed by atoms with Gasteiger partial charge in [0.05, 0.1) is 0 Å². The zero-order valence-corrected chi connectivity index (χ0v) is 14.2. The summed E-state index contributed by atoms with van der Waals surface area (Å²) in [7, 11) is 0. The van der Waals surface area contributed by atoms with Crippen molar-refractivity contribution in [3.05, 3.63) is 53.8 Å². The Bertz CT molecular complexity index is 802. The zero-order chi connectivity index (χ0) is 17.2.